The van der Waals surface area contributed by atoms with Crippen LogP contribution in [0.25, 0.3) is 6.08 Å². The summed E-state index contributed by atoms with van der Waals surface area (Å²) in [5.74, 6) is 5.40. The van der Waals surface area contributed by atoms with Gasteiger partial charge in [-0.05, 0) is 43.0 Å². The van der Waals surface area contributed by atoms with Crippen LogP contribution in [0.5, 0.6) is 5.75 Å². The molecule has 0 aliphatic heterocycles. The fourth-order valence-electron chi connectivity index (χ4n) is 1.91. The maximum Gasteiger partial charge on any atom is 0.115 e. The van der Waals surface area contributed by atoms with Crippen LogP contribution in [-0.4, -0.2) is 11.3 Å². The first-order valence-corrected chi connectivity index (χ1v) is 7.01. The zero-order valence-electron chi connectivity index (χ0n) is 12.8. The summed E-state index contributed by atoms with van der Waals surface area (Å²) in [5, 5.41) is 12.8. The first-order valence-electron chi connectivity index (χ1n) is 7.01. The molecule has 1 atom stereocenters. The van der Waals surface area contributed by atoms with Gasteiger partial charge in [-0.15, -0.1) is 6.58 Å². The molecule has 0 radical (unpaired) electrons. The molecule has 0 fully saturated rings. The molecule has 0 aromatic heterocycles. The minimum absolute atomic E-state index is 0.0749. The van der Waals surface area contributed by atoms with Gasteiger partial charge >= 0.3 is 0 Å². The highest BCUT2D eigenvalue weighted by Crippen LogP contribution is 2.28. The van der Waals surface area contributed by atoms with Crippen molar-refractivity contribution >= 4 is 12.3 Å². The van der Waals surface area contributed by atoms with Gasteiger partial charge < -0.3 is 10.9 Å². The molecule has 1 rings (SSSR count). The summed E-state index contributed by atoms with van der Waals surface area (Å²) in [4.78, 5) is 0. The fourth-order valence-corrected chi connectivity index (χ4v) is 1.91. The number of hydrogen-bond donors (Lipinski definition) is 2. The Morgan fingerprint density at radius 1 is 1.38 bits per heavy atom. The average molecular weight is 284 g/mol. The van der Waals surface area contributed by atoms with E-state index in [0.717, 1.165) is 24.0 Å². The van der Waals surface area contributed by atoms with Gasteiger partial charge in [-0.25, -0.2) is 0 Å². The summed E-state index contributed by atoms with van der Waals surface area (Å²) in [6.07, 6.45) is 11.8. The summed E-state index contributed by atoms with van der Waals surface area (Å²) in [7, 11) is 0. The molecule has 1 aromatic carbocycles. The molecule has 3 N–H and O–H groups in total. The number of hydrazone groups is 1. The van der Waals surface area contributed by atoms with Gasteiger partial charge in [0.25, 0.3) is 0 Å². The lowest BCUT2D eigenvalue weighted by molar-refractivity contribution is 0.475. The molecule has 21 heavy (non-hydrogen) atoms. The van der Waals surface area contributed by atoms with Crippen molar-refractivity contribution in [2.24, 2.45) is 16.4 Å². The summed E-state index contributed by atoms with van der Waals surface area (Å²) in [6, 6.07) is 7.14. The number of phenols is 1. The van der Waals surface area contributed by atoms with E-state index in [2.05, 4.69) is 36.8 Å². The number of benzene rings is 1. The molecule has 0 unspecified atom stereocenters. The summed E-state index contributed by atoms with van der Waals surface area (Å²) in [5.41, 5.74) is 2.04. The van der Waals surface area contributed by atoms with Crippen molar-refractivity contribution in [1.82, 2.24) is 0 Å². The van der Waals surface area contributed by atoms with Gasteiger partial charge in [-0.3, -0.25) is 0 Å². The van der Waals surface area contributed by atoms with Crippen molar-refractivity contribution in [1.29, 1.82) is 0 Å². The summed E-state index contributed by atoms with van der Waals surface area (Å²) >= 11 is 0. The number of nitrogens with zero attached hydrogens (tertiary/aromatic N) is 1. The molecule has 0 saturated carbocycles. The smallest absolute Gasteiger partial charge is 0.115 e. The first-order chi connectivity index (χ1) is 9.99. The summed E-state index contributed by atoms with van der Waals surface area (Å²) < 4.78 is 0. The van der Waals surface area contributed by atoms with Crippen LogP contribution in [0.2, 0.25) is 0 Å². The normalized spacial score (nSPS) is 15.4. The van der Waals surface area contributed by atoms with Crippen molar-refractivity contribution in [2.75, 3.05) is 0 Å². The molecular weight excluding hydrogens is 260 g/mol. The lowest BCUT2D eigenvalue weighted by Crippen LogP contribution is -2.08. The van der Waals surface area contributed by atoms with Gasteiger partial charge in [0.2, 0.25) is 0 Å². The fraction of sp³-hybridized carbons (Fsp3) is 0.278. The minimum Gasteiger partial charge on any atom is -0.508 e. The second-order valence-corrected chi connectivity index (χ2v) is 5.40. The highest BCUT2D eigenvalue weighted by atomic mass is 16.3. The van der Waals surface area contributed by atoms with Crippen molar-refractivity contribution in [3.8, 4) is 5.75 Å². The van der Waals surface area contributed by atoms with E-state index in [4.69, 9.17) is 5.84 Å². The average Bonchev–Trinajstić information content (AvgIpc) is 2.47. The topological polar surface area (TPSA) is 58.6 Å². The molecule has 0 saturated heterocycles. The first kappa shape index (κ1) is 16.8. The quantitative estimate of drug-likeness (QED) is 0.340. The Morgan fingerprint density at radius 3 is 2.62 bits per heavy atom. The Morgan fingerprint density at radius 2 is 2.05 bits per heavy atom. The number of nitrogens with two attached hydrogens (primary N) is 1. The minimum atomic E-state index is -0.0749. The highest BCUT2D eigenvalue weighted by Gasteiger charge is 2.14. The number of hydrogen-bond acceptors (Lipinski definition) is 3. The van der Waals surface area contributed by atoms with Crippen molar-refractivity contribution in [3.05, 3.63) is 60.2 Å². The monoisotopic (exact) mass is 284 g/mol. The predicted molar refractivity (Wildman–Crippen MR) is 91.1 cm³/mol. The molecule has 0 heterocycles. The predicted octanol–water partition coefficient (Wildman–Crippen LogP) is 4.27. The molecule has 0 aliphatic carbocycles. The van der Waals surface area contributed by atoms with Crippen molar-refractivity contribution < 1.29 is 5.11 Å². The number of aromatic hydroxyl groups is 1. The van der Waals surface area contributed by atoms with Crippen molar-refractivity contribution in [3.63, 3.8) is 0 Å². The lowest BCUT2D eigenvalue weighted by atomic mass is 9.84. The zero-order chi connectivity index (χ0) is 15.7. The van der Waals surface area contributed by atoms with Gasteiger partial charge in [0.1, 0.15) is 5.75 Å². The van der Waals surface area contributed by atoms with E-state index < -0.39 is 0 Å². The van der Waals surface area contributed by atoms with Crippen LogP contribution in [0.1, 0.15) is 32.3 Å². The van der Waals surface area contributed by atoms with Gasteiger partial charge in [-0.1, -0.05) is 43.4 Å². The van der Waals surface area contributed by atoms with Gasteiger partial charge in [0.15, 0.2) is 0 Å². The zero-order valence-corrected chi connectivity index (χ0v) is 12.8. The van der Waals surface area contributed by atoms with Crippen LogP contribution in [0.3, 0.4) is 0 Å². The molecule has 0 amide bonds. The van der Waals surface area contributed by atoms with E-state index in [1.165, 1.54) is 0 Å². The van der Waals surface area contributed by atoms with Gasteiger partial charge in [0.05, 0.1) is 0 Å². The van der Waals surface area contributed by atoms with E-state index >= 15 is 0 Å². The van der Waals surface area contributed by atoms with E-state index in [0.29, 0.717) is 0 Å². The largest absolute Gasteiger partial charge is 0.508 e. The van der Waals surface area contributed by atoms with Crippen LogP contribution in [0, 0.1) is 5.41 Å². The van der Waals surface area contributed by atoms with Crippen LogP contribution >= 0.6 is 0 Å². The summed E-state index contributed by atoms with van der Waals surface area (Å²) in [6.45, 7) is 8.06. The Bertz CT molecular complexity index is 541. The van der Waals surface area contributed by atoms with E-state index in [1.54, 1.807) is 18.3 Å². The highest BCUT2D eigenvalue weighted by molar-refractivity contribution is 5.77. The third-order valence-corrected chi connectivity index (χ3v) is 3.44. The van der Waals surface area contributed by atoms with Crippen LogP contribution in [0.4, 0.5) is 0 Å². The van der Waals surface area contributed by atoms with E-state index in [1.807, 2.05) is 25.1 Å². The van der Waals surface area contributed by atoms with Crippen LogP contribution in [-0.2, 0) is 0 Å². The molecule has 0 aliphatic rings. The van der Waals surface area contributed by atoms with Crippen molar-refractivity contribution in [2.45, 2.75) is 26.7 Å². The molecule has 0 spiro atoms. The molecule has 0 bridgehead atoms. The molecule has 3 heteroatoms. The Balaban J connectivity index is 2.69. The number of phenolic OH excluding ortho intramolecular Hbond substituents is 1. The maximum atomic E-state index is 9.28. The SMILES string of the molecule is C=C[C@@](C)(/C=C/c1ccc(O)cc1)CC/C=C(C)/C=N/N. The number of allylic oxidation sites excluding steroid dienone is 4. The van der Waals surface area contributed by atoms with Crippen LogP contribution in [0.15, 0.2) is 59.7 Å². The second-order valence-electron chi connectivity index (χ2n) is 5.40. The lowest BCUT2D eigenvalue weighted by Gasteiger charge is -2.20. The van der Waals surface area contributed by atoms with E-state index in [-0.39, 0.29) is 11.2 Å². The molecular formula is C18H24N2O. The Kier molecular flexibility index (Phi) is 6.47. The molecule has 1 aromatic rings. The standard InChI is InChI=1S/C18H24N2O/c1-4-18(3,12-5-6-15(2)14-20-19)13-11-16-7-9-17(21)10-8-16/h4,6-11,13-14,21H,1,5,12,19H2,2-3H3/b13-11+,15-6+,20-14+/t18-/m1/s1. The van der Waals surface area contributed by atoms with Gasteiger partial charge in [-0.2, -0.15) is 5.10 Å². The Hall–Kier alpha value is -2.29. The third-order valence-electron chi connectivity index (χ3n) is 3.44. The van der Waals surface area contributed by atoms with Gasteiger partial charge in [0, 0.05) is 11.6 Å². The van der Waals surface area contributed by atoms with Crippen LogP contribution < -0.4 is 5.84 Å². The molecule has 112 valence electrons. The maximum absolute atomic E-state index is 9.28. The second kappa shape index (κ2) is 8.10. The Labute approximate surface area is 127 Å². The number of rotatable bonds is 7. The van der Waals surface area contributed by atoms with E-state index in [9.17, 15) is 5.11 Å². The molecule has 3 nitrogen and oxygen atoms in total. The third kappa shape index (κ3) is 6.13.